The number of carbonyl (C=O) groups is 5. The lowest BCUT2D eigenvalue weighted by atomic mass is 10.3. The molecular weight excluding hydrogens is 1110 g/mol. The van der Waals surface area contributed by atoms with E-state index < -0.39 is 60.0 Å². The number of hydrogen-bond acceptors (Lipinski definition) is 13. The van der Waals surface area contributed by atoms with Crippen molar-refractivity contribution < 1.29 is 97.0 Å². The summed E-state index contributed by atoms with van der Waals surface area (Å²) in [7, 11) is 0. The highest BCUT2D eigenvalue weighted by molar-refractivity contribution is 8.05. The number of hydrogen-bond donors (Lipinski definition) is 1. The number of benzene rings is 4. The molecule has 4 rings (SSSR count). The van der Waals surface area contributed by atoms with Crippen LogP contribution in [0.5, 0.6) is 34.5 Å². The van der Waals surface area contributed by atoms with Crippen molar-refractivity contribution in [1.82, 2.24) is 0 Å². The van der Waals surface area contributed by atoms with Gasteiger partial charge in [0.25, 0.3) is 0 Å². The number of carboxylic acid groups (broad SMARTS) is 1. The summed E-state index contributed by atoms with van der Waals surface area (Å²) >= 11 is 45.6. The number of rotatable bonds is 8. The normalized spacial score (nSPS) is 10.8. The average molecular weight is 1120 g/mol. The van der Waals surface area contributed by atoms with Crippen molar-refractivity contribution in [2.24, 2.45) is 0 Å². The molecule has 12 nitrogen and oxygen atoms in total. The van der Waals surface area contributed by atoms with Crippen molar-refractivity contribution in [3.8, 4) is 34.5 Å². The summed E-state index contributed by atoms with van der Waals surface area (Å²) in [5, 5.41) is 6.75. The van der Waals surface area contributed by atoms with Crippen LogP contribution in [0, 0.1) is 0 Å². The highest BCUT2D eigenvalue weighted by atomic mass is 35.6. The zero-order valence-corrected chi connectivity index (χ0v) is 37.6. The zero-order chi connectivity index (χ0) is 49.5. The molecule has 4 aromatic rings. The van der Waals surface area contributed by atoms with Crippen LogP contribution in [-0.4, -0.2) is 53.6 Å². The SMILES string of the molecule is O=C(Cl)Oc1ccc(SC(Cl)(Cl)Cl)cc1.O=C(Cl)Oc1cccc(SC(Cl)(Cl)Cl)c1.O=C(F)Oc1ccc(OC(F)(F)F)cc1.O=C(F)Oc1cccc(OC(F)(F)F)c1.O=C(O)F. The van der Waals surface area contributed by atoms with Gasteiger partial charge in [0.2, 0.25) is 6.25 Å². The second-order valence-corrected chi connectivity index (χ2v) is 18.8. The second-order valence-electron chi connectivity index (χ2n) is 9.70. The topological polar surface area (TPSA) is 161 Å². The van der Waals surface area contributed by atoms with E-state index in [2.05, 4.69) is 28.4 Å². The third-order valence-electron chi connectivity index (χ3n) is 4.99. The molecule has 0 saturated heterocycles. The minimum Gasteiger partial charge on any atom is -0.456 e. The predicted molar refractivity (Wildman–Crippen MR) is 219 cm³/mol. The molecule has 0 unspecified atom stereocenters. The quantitative estimate of drug-likeness (QED) is 0.0768. The monoisotopic (exact) mass is 1120 g/mol. The number of thioether (sulfide) groups is 2. The highest BCUT2D eigenvalue weighted by Crippen LogP contribution is 2.45. The molecule has 0 spiro atoms. The lowest BCUT2D eigenvalue weighted by Gasteiger charge is -2.10. The van der Waals surface area contributed by atoms with Gasteiger partial charge in [0.05, 0.1) is 0 Å². The lowest BCUT2D eigenvalue weighted by molar-refractivity contribution is -0.275. The molecule has 352 valence electrons. The van der Waals surface area contributed by atoms with Crippen LogP contribution in [0.1, 0.15) is 0 Å². The molecular formula is C33H17Cl8F9O12S2. The molecule has 0 amide bonds. The fourth-order valence-corrected chi connectivity index (χ4v) is 6.17. The van der Waals surface area contributed by atoms with Crippen LogP contribution in [0.25, 0.3) is 0 Å². The Bertz CT molecular complexity index is 1970. The first-order valence-electron chi connectivity index (χ1n) is 15.0. The van der Waals surface area contributed by atoms with Crippen LogP contribution in [0.2, 0.25) is 0 Å². The first kappa shape index (κ1) is 60.2. The van der Waals surface area contributed by atoms with Crippen molar-refractivity contribution in [1.29, 1.82) is 0 Å². The van der Waals surface area contributed by atoms with Gasteiger partial charge in [-0.15, -0.1) is 39.5 Å². The number of halogens is 17. The fraction of sp³-hybridized carbons (Fsp3) is 0.121. The van der Waals surface area contributed by atoms with E-state index >= 15 is 0 Å². The number of alkyl halides is 12. The van der Waals surface area contributed by atoms with Crippen molar-refractivity contribution in [3.05, 3.63) is 97.1 Å². The maximum Gasteiger partial charge on any atom is 0.573 e. The van der Waals surface area contributed by atoms with E-state index in [0.29, 0.717) is 16.4 Å². The summed E-state index contributed by atoms with van der Waals surface area (Å²) in [6, 6.07) is 20.6. The third kappa shape index (κ3) is 36.5. The Morgan fingerprint density at radius 2 is 0.781 bits per heavy atom. The molecule has 0 fully saturated rings. The molecule has 0 heterocycles. The van der Waals surface area contributed by atoms with Crippen LogP contribution in [0.3, 0.4) is 0 Å². The molecule has 0 atom stereocenters. The molecule has 0 aliphatic carbocycles. The van der Waals surface area contributed by atoms with E-state index in [4.69, 9.17) is 103 Å². The van der Waals surface area contributed by atoms with Gasteiger partial charge in [0.1, 0.15) is 34.5 Å². The third-order valence-corrected chi connectivity index (χ3v) is 7.99. The van der Waals surface area contributed by atoms with Crippen LogP contribution < -0.4 is 28.4 Å². The van der Waals surface area contributed by atoms with E-state index in [1.807, 2.05) is 0 Å². The largest absolute Gasteiger partial charge is 0.573 e. The van der Waals surface area contributed by atoms with Crippen molar-refractivity contribution in [2.75, 3.05) is 0 Å². The van der Waals surface area contributed by atoms with Crippen molar-refractivity contribution in [3.63, 3.8) is 0 Å². The molecule has 64 heavy (non-hydrogen) atoms. The first-order valence-corrected chi connectivity index (χ1v) is 19.7. The van der Waals surface area contributed by atoms with Crippen LogP contribution in [0.4, 0.5) is 63.5 Å². The van der Waals surface area contributed by atoms with Crippen LogP contribution >= 0.6 is 116 Å². The van der Waals surface area contributed by atoms with E-state index in [-0.39, 0.29) is 11.5 Å². The van der Waals surface area contributed by atoms with Gasteiger partial charge in [-0.3, -0.25) is 0 Å². The molecule has 0 radical (unpaired) electrons. The van der Waals surface area contributed by atoms with Gasteiger partial charge in [-0.05, 0) is 78.9 Å². The smallest absolute Gasteiger partial charge is 0.456 e. The maximum absolute atomic E-state index is 11.7. The second kappa shape index (κ2) is 29.0. The summed E-state index contributed by atoms with van der Waals surface area (Å²) < 4.78 is 125. The van der Waals surface area contributed by atoms with Gasteiger partial charge in [0, 0.05) is 39.1 Å². The van der Waals surface area contributed by atoms with Crippen molar-refractivity contribution in [2.45, 2.75) is 28.8 Å². The number of carbonyl (C=O) groups excluding carboxylic acids is 4. The maximum atomic E-state index is 11.7. The summed E-state index contributed by atoms with van der Waals surface area (Å²) in [5.74, 6) is -1.03. The lowest BCUT2D eigenvalue weighted by Crippen LogP contribution is -2.17. The Balaban J connectivity index is 0.000000803. The Hall–Kier alpha value is -3.78. The van der Waals surface area contributed by atoms with E-state index in [1.54, 1.807) is 48.5 Å². The summed E-state index contributed by atoms with van der Waals surface area (Å²) in [6.45, 7) is 0. The Labute approximate surface area is 400 Å². The van der Waals surface area contributed by atoms with Gasteiger partial charge in [-0.25, -0.2) is 24.0 Å². The fourth-order valence-electron chi connectivity index (χ4n) is 3.26. The van der Waals surface area contributed by atoms with Crippen molar-refractivity contribution >= 4 is 146 Å². The van der Waals surface area contributed by atoms with Crippen LogP contribution in [-0.2, 0) is 0 Å². The molecule has 0 bridgehead atoms. The number of ether oxygens (including phenoxy) is 6. The van der Waals surface area contributed by atoms with Gasteiger partial charge >= 0.3 is 42.3 Å². The first-order chi connectivity index (χ1) is 29.2. The Morgan fingerprint density at radius 3 is 1.20 bits per heavy atom. The molecule has 0 aromatic heterocycles. The summed E-state index contributed by atoms with van der Waals surface area (Å²) in [6.07, 6.45) is -16.1. The minimum absolute atomic E-state index is 0.211. The van der Waals surface area contributed by atoms with Gasteiger partial charge in [0.15, 0.2) is 0 Å². The predicted octanol–water partition coefficient (Wildman–Crippen LogP) is 16.4. The minimum atomic E-state index is -4.85. The van der Waals surface area contributed by atoms with Gasteiger partial charge in [-0.1, -0.05) is 105 Å². The van der Waals surface area contributed by atoms with E-state index in [1.165, 1.54) is 0 Å². The van der Waals surface area contributed by atoms with E-state index in [9.17, 15) is 58.7 Å². The summed E-state index contributed by atoms with van der Waals surface area (Å²) in [4.78, 5) is 50.3. The molecule has 0 saturated carbocycles. The Kier molecular flexibility index (Phi) is 27.3. The Morgan fingerprint density at radius 1 is 0.453 bits per heavy atom. The molecule has 1 N–H and O–H groups in total. The van der Waals surface area contributed by atoms with Gasteiger partial charge in [-0.2, -0.15) is 0 Å². The van der Waals surface area contributed by atoms with Gasteiger partial charge < -0.3 is 33.5 Å². The molecule has 0 aliphatic rings. The zero-order valence-electron chi connectivity index (χ0n) is 29.9. The average Bonchev–Trinajstić information content (AvgIpc) is 3.07. The van der Waals surface area contributed by atoms with E-state index in [0.717, 1.165) is 77.0 Å². The summed E-state index contributed by atoms with van der Waals surface area (Å²) in [5.41, 5.74) is -1.80. The standard InChI is InChI=1S/2C8H4Cl4O2S.2C8H4F4O3.CHFO2/c9-7(13)14-5-1-3-6(4-2-5)15-8(10,11)12;9-7(13)14-5-2-1-3-6(4-5)15-8(10,11)12;9-7(13)14-5-1-3-6(4-2-5)15-8(10,11)12;9-7(13)14-5-2-1-3-6(4-5)15-8(10,11)12;2-1(3)4/h4*1-4H;(H,3,4). The molecule has 0 aliphatic heterocycles. The molecule has 4 aromatic carbocycles. The molecule has 31 heteroatoms. The van der Waals surface area contributed by atoms with Crippen LogP contribution in [0.15, 0.2) is 107 Å². The highest BCUT2D eigenvalue weighted by Gasteiger charge is 2.32.